The van der Waals surface area contributed by atoms with E-state index in [-0.39, 0.29) is 5.63 Å². The molecule has 0 unspecified atom stereocenters. The number of halogens is 1. The van der Waals surface area contributed by atoms with Crippen molar-refractivity contribution in [3.8, 4) is 0 Å². The fraction of sp³-hybridized carbons (Fsp3) is 0.0625. The van der Waals surface area contributed by atoms with Crippen molar-refractivity contribution in [1.29, 1.82) is 0 Å². The fourth-order valence-corrected chi connectivity index (χ4v) is 1.76. The molecule has 0 atom stereocenters. The van der Waals surface area contributed by atoms with Crippen LogP contribution in [-0.2, 0) is 5.88 Å². The van der Waals surface area contributed by atoms with E-state index in [9.17, 15) is 4.79 Å². The van der Waals surface area contributed by atoms with Gasteiger partial charge in [-0.05, 0) is 17.7 Å². The molecule has 3 rings (SSSR count). The molecule has 0 aliphatic rings. The van der Waals surface area contributed by atoms with Crippen molar-refractivity contribution in [2.24, 2.45) is 0 Å². The average Bonchev–Trinajstić information content (AvgIpc) is 2.48. The van der Waals surface area contributed by atoms with Crippen LogP contribution >= 0.6 is 11.6 Å². The molecule has 0 aliphatic carbocycles. The van der Waals surface area contributed by atoms with Crippen LogP contribution in [0.5, 0.6) is 0 Å². The lowest BCUT2D eigenvalue weighted by Gasteiger charge is -1.91. The van der Waals surface area contributed by atoms with Gasteiger partial charge in [0.1, 0.15) is 5.58 Å². The van der Waals surface area contributed by atoms with E-state index in [2.05, 4.69) is 0 Å². The summed E-state index contributed by atoms with van der Waals surface area (Å²) in [6.07, 6.45) is 0. The van der Waals surface area contributed by atoms with Gasteiger partial charge in [0.25, 0.3) is 0 Å². The van der Waals surface area contributed by atoms with Crippen molar-refractivity contribution in [2.45, 2.75) is 5.88 Å². The molecule has 0 spiro atoms. The number of hydrogen-bond donors (Lipinski definition) is 0. The van der Waals surface area contributed by atoms with Crippen molar-refractivity contribution >= 4 is 22.6 Å². The van der Waals surface area contributed by atoms with Gasteiger partial charge in [-0.25, -0.2) is 4.79 Å². The van der Waals surface area contributed by atoms with Gasteiger partial charge in [-0.1, -0.05) is 48.5 Å². The Morgan fingerprint density at radius 2 is 1.53 bits per heavy atom. The second-order valence-electron chi connectivity index (χ2n) is 3.91. The normalized spacial score (nSPS) is 9.74. The Kier molecular flexibility index (Phi) is 4.76. The molecule has 3 heteroatoms. The van der Waals surface area contributed by atoms with Crippen LogP contribution in [-0.4, -0.2) is 0 Å². The first-order valence-corrected chi connectivity index (χ1v) is 6.42. The highest BCUT2D eigenvalue weighted by molar-refractivity contribution is 6.17. The monoisotopic (exact) mass is 272 g/mol. The summed E-state index contributed by atoms with van der Waals surface area (Å²) in [6, 6.07) is 20.6. The Morgan fingerprint density at radius 3 is 2.21 bits per heavy atom. The molecule has 1 aromatic heterocycles. The van der Waals surface area contributed by atoms with E-state index in [1.807, 2.05) is 48.5 Å². The van der Waals surface area contributed by atoms with Crippen LogP contribution in [0.2, 0.25) is 0 Å². The molecule has 0 amide bonds. The first-order chi connectivity index (χ1) is 9.29. The second kappa shape index (κ2) is 6.76. The minimum absolute atomic E-state index is 0.302. The van der Waals surface area contributed by atoms with Crippen LogP contribution in [0.15, 0.2) is 75.9 Å². The van der Waals surface area contributed by atoms with Gasteiger partial charge in [-0.2, -0.15) is 0 Å². The number of alkyl halides is 1. The minimum Gasteiger partial charge on any atom is -0.423 e. The molecule has 2 nitrogen and oxygen atoms in total. The lowest BCUT2D eigenvalue weighted by atomic mass is 10.2. The van der Waals surface area contributed by atoms with Gasteiger partial charge in [0.2, 0.25) is 0 Å². The van der Waals surface area contributed by atoms with Crippen molar-refractivity contribution in [2.75, 3.05) is 0 Å². The van der Waals surface area contributed by atoms with E-state index in [1.54, 1.807) is 12.1 Å². The highest BCUT2D eigenvalue weighted by Crippen LogP contribution is 2.08. The summed E-state index contributed by atoms with van der Waals surface area (Å²) in [7, 11) is 0. The SMILES string of the molecule is ClCc1ccccc1.O=c1ccc2ccccc2o1. The molecular formula is C16H13ClO2. The Hall–Kier alpha value is -2.06. The Balaban J connectivity index is 0.000000148. The highest BCUT2D eigenvalue weighted by atomic mass is 35.5. The third kappa shape index (κ3) is 3.97. The predicted molar refractivity (Wildman–Crippen MR) is 78.5 cm³/mol. The molecule has 0 saturated heterocycles. The molecule has 19 heavy (non-hydrogen) atoms. The maximum atomic E-state index is 10.7. The van der Waals surface area contributed by atoms with Gasteiger partial charge in [-0.15, -0.1) is 11.6 Å². The van der Waals surface area contributed by atoms with Crippen molar-refractivity contribution < 1.29 is 4.42 Å². The fourth-order valence-electron chi connectivity index (χ4n) is 1.58. The van der Waals surface area contributed by atoms with Crippen molar-refractivity contribution in [3.63, 3.8) is 0 Å². The van der Waals surface area contributed by atoms with Crippen LogP contribution < -0.4 is 5.63 Å². The van der Waals surface area contributed by atoms with Gasteiger partial charge >= 0.3 is 5.63 Å². The standard InChI is InChI=1S/C9H6O2.C7H7Cl/c10-9-6-5-7-3-1-2-4-8(7)11-9;8-6-7-4-2-1-3-5-7/h1-6H;1-5H,6H2. The van der Waals surface area contributed by atoms with Crippen LogP contribution in [0.1, 0.15) is 5.56 Å². The van der Waals surface area contributed by atoms with Crippen LogP contribution in [0.25, 0.3) is 11.0 Å². The van der Waals surface area contributed by atoms with Crippen molar-refractivity contribution in [1.82, 2.24) is 0 Å². The number of fused-ring (bicyclic) bond motifs is 1. The Labute approximate surface area is 116 Å². The van der Waals surface area contributed by atoms with E-state index in [4.69, 9.17) is 16.0 Å². The van der Waals surface area contributed by atoms with Gasteiger partial charge in [0.05, 0.1) is 0 Å². The van der Waals surface area contributed by atoms with Crippen LogP contribution in [0.4, 0.5) is 0 Å². The predicted octanol–water partition coefficient (Wildman–Crippen LogP) is 4.22. The Morgan fingerprint density at radius 1 is 0.842 bits per heavy atom. The molecule has 0 fully saturated rings. The molecule has 0 aliphatic heterocycles. The molecule has 0 saturated carbocycles. The van der Waals surface area contributed by atoms with E-state index in [0.717, 1.165) is 5.39 Å². The molecule has 2 aromatic carbocycles. The van der Waals surface area contributed by atoms with E-state index < -0.39 is 0 Å². The van der Waals surface area contributed by atoms with E-state index >= 15 is 0 Å². The number of benzene rings is 2. The van der Waals surface area contributed by atoms with Crippen LogP contribution in [0.3, 0.4) is 0 Å². The third-order valence-electron chi connectivity index (χ3n) is 2.53. The minimum atomic E-state index is -0.302. The topological polar surface area (TPSA) is 30.2 Å². The number of hydrogen-bond acceptors (Lipinski definition) is 2. The number of rotatable bonds is 1. The average molecular weight is 273 g/mol. The van der Waals surface area contributed by atoms with Crippen molar-refractivity contribution in [3.05, 3.63) is 82.7 Å². The summed E-state index contributed by atoms with van der Waals surface area (Å²) in [4.78, 5) is 10.7. The zero-order valence-electron chi connectivity index (χ0n) is 10.3. The molecule has 0 N–H and O–H groups in total. The molecular weight excluding hydrogens is 260 g/mol. The van der Waals surface area contributed by atoms with Crippen LogP contribution in [0, 0.1) is 0 Å². The lowest BCUT2D eigenvalue weighted by molar-refractivity contribution is 0.561. The molecule has 96 valence electrons. The van der Waals surface area contributed by atoms with E-state index in [1.165, 1.54) is 11.6 Å². The summed E-state index contributed by atoms with van der Waals surface area (Å²) in [5.41, 5.74) is 1.51. The third-order valence-corrected chi connectivity index (χ3v) is 2.83. The first kappa shape index (κ1) is 13.4. The maximum Gasteiger partial charge on any atom is 0.336 e. The Bertz CT molecular complexity index is 689. The molecule has 0 bridgehead atoms. The zero-order valence-corrected chi connectivity index (χ0v) is 11.0. The maximum absolute atomic E-state index is 10.7. The summed E-state index contributed by atoms with van der Waals surface area (Å²) in [5, 5.41) is 0.951. The highest BCUT2D eigenvalue weighted by Gasteiger charge is 1.92. The summed E-state index contributed by atoms with van der Waals surface area (Å²) in [5.74, 6) is 0.612. The van der Waals surface area contributed by atoms with Gasteiger partial charge in [0.15, 0.2) is 0 Å². The smallest absolute Gasteiger partial charge is 0.336 e. The summed E-state index contributed by atoms with van der Waals surface area (Å²) < 4.78 is 4.91. The first-order valence-electron chi connectivity index (χ1n) is 5.88. The zero-order chi connectivity index (χ0) is 13.5. The summed E-state index contributed by atoms with van der Waals surface area (Å²) >= 11 is 5.53. The lowest BCUT2D eigenvalue weighted by Crippen LogP contribution is -1.93. The quantitative estimate of drug-likeness (QED) is 0.490. The van der Waals surface area contributed by atoms with Gasteiger partial charge in [0, 0.05) is 17.3 Å². The molecule has 0 radical (unpaired) electrons. The van der Waals surface area contributed by atoms with Gasteiger partial charge < -0.3 is 4.42 Å². The van der Waals surface area contributed by atoms with Gasteiger partial charge in [-0.3, -0.25) is 0 Å². The number of para-hydroxylation sites is 1. The second-order valence-corrected chi connectivity index (χ2v) is 4.18. The molecule has 3 aromatic rings. The molecule has 1 heterocycles. The summed E-state index contributed by atoms with van der Waals surface area (Å²) in [6.45, 7) is 0. The largest absolute Gasteiger partial charge is 0.423 e. The van der Waals surface area contributed by atoms with E-state index in [0.29, 0.717) is 11.5 Å².